The van der Waals surface area contributed by atoms with Gasteiger partial charge in [-0.05, 0) is 36.4 Å². The Morgan fingerprint density at radius 2 is 1.56 bits per heavy atom. The minimum absolute atomic E-state index is 0.108. The van der Waals surface area contributed by atoms with Crippen LogP contribution in [0.25, 0.3) is 0 Å². The number of carbonyl (C=O) groups is 3. The lowest BCUT2D eigenvalue weighted by atomic mass is 10.2. The number of nitrogens with zero attached hydrogens (tertiary/aromatic N) is 1. The summed E-state index contributed by atoms with van der Waals surface area (Å²) < 4.78 is 9.79. The zero-order valence-electron chi connectivity index (χ0n) is 14.1. The largest absolute Gasteiger partial charge is 0.497 e. The van der Waals surface area contributed by atoms with E-state index < -0.39 is 29.3 Å². The lowest BCUT2D eigenvalue weighted by Crippen LogP contribution is -2.43. The fourth-order valence-corrected chi connectivity index (χ4v) is 1.91. The second-order valence-corrected chi connectivity index (χ2v) is 5.11. The molecule has 0 unspecified atom stereocenters. The van der Waals surface area contributed by atoms with Crippen molar-refractivity contribution in [3.05, 3.63) is 69.8 Å². The van der Waals surface area contributed by atoms with Crippen molar-refractivity contribution in [2.75, 3.05) is 13.7 Å². The Bertz CT molecular complexity index is 848. The Labute approximate surface area is 153 Å². The van der Waals surface area contributed by atoms with Crippen LogP contribution in [0.3, 0.4) is 0 Å². The summed E-state index contributed by atoms with van der Waals surface area (Å²) in [5.74, 6) is -1.58. The average Bonchev–Trinajstić information content (AvgIpc) is 2.70. The number of hydrazine groups is 1. The monoisotopic (exact) mass is 373 g/mol. The molecule has 2 N–H and O–H groups in total. The molecule has 10 heteroatoms. The van der Waals surface area contributed by atoms with Crippen molar-refractivity contribution in [2.45, 2.75) is 0 Å². The van der Waals surface area contributed by atoms with Gasteiger partial charge >= 0.3 is 5.97 Å². The van der Waals surface area contributed by atoms with E-state index in [0.29, 0.717) is 5.75 Å². The minimum atomic E-state index is -0.757. The van der Waals surface area contributed by atoms with Crippen LogP contribution >= 0.6 is 0 Å². The summed E-state index contributed by atoms with van der Waals surface area (Å²) in [6.07, 6.45) is 0. The Hall–Kier alpha value is -3.95. The molecule has 0 aliphatic rings. The van der Waals surface area contributed by atoms with Crippen molar-refractivity contribution in [2.24, 2.45) is 0 Å². The van der Waals surface area contributed by atoms with Crippen molar-refractivity contribution in [1.29, 1.82) is 0 Å². The van der Waals surface area contributed by atoms with Gasteiger partial charge in [-0.15, -0.1) is 0 Å². The van der Waals surface area contributed by atoms with E-state index in [1.807, 2.05) is 0 Å². The number of ether oxygens (including phenoxy) is 2. The molecule has 10 nitrogen and oxygen atoms in total. The van der Waals surface area contributed by atoms with Crippen molar-refractivity contribution >= 4 is 23.5 Å². The number of nitrogens with one attached hydrogen (secondary N) is 2. The molecule has 0 aliphatic heterocycles. The van der Waals surface area contributed by atoms with Crippen LogP contribution in [0.15, 0.2) is 48.5 Å². The SMILES string of the molecule is COc1ccc(C(=O)OCC(=O)NNC(=O)c2ccc([N+](=O)[O-])cc2)cc1. The molecule has 0 spiro atoms. The van der Waals surface area contributed by atoms with Crippen LogP contribution in [0.2, 0.25) is 0 Å². The van der Waals surface area contributed by atoms with Gasteiger partial charge in [0.2, 0.25) is 0 Å². The number of benzene rings is 2. The second kappa shape index (κ2) is 8.94. The van der Waals surface area contributed by atoms with Crippen LogP contribution in [0.4, 0.5) is 5.69 Å². The summed E-state index contributed by atoms with van der Waals surface area (Å²) in [5.41, 5.74) is 4.36. The zero-order chi connectivity index (χ0) is 19.8. The highest BCUT2D eigenvalue weighted by atomic mass is 16.6. The molecule has 0 bridgehead atoms. The van der Waals surface area contributed by atoms with E-state index in [9.17, 15) is 24.5 Å². The average molecular weight is 373 g/mol. The fourth-order valence-electron chi connectivity index (χ4n) is 1.91. The van der Waals surface area contributed by atoms with E-state index in [4.69, 9.17) is 9.47 Å². The van der Waals surface area contributed by atoms with Gasteiger partial charge in [-0.2, -0.15) is 0 Å². The Morgan fingerprint density at radius 1 is 0.963 bits per heavy atom. The first-order chi connectivity index (χ1) is 12.9. The van der Waals surface area contributed by atoms with Gasteiger partial charge in [-0.25, -0.2) is 4.79 Å². The number of rotatable bonds is 6. The number of hydrogen-bond donors (Lipinski definition) is 2. The normalized spacial score (nSPS) is 9.81. The number of methoxy groups -OCH3 is 1. The van der Waals surface area contributed by atoms with Crippen LogP contribution in [0.1, 0.15) is 20.7 Å². The third-order valence-electron chi connectivity index (χ3n) is 3.32. The summed E-state index contributed by atoms with van der Waals surface area (Å²) in [6.45, 7) is -0.606. The van der Waals surface area contributed by atoms with Gasteiger partial charge in [-0.1, -0.05) is 0 Å². The van der Waals surface area contributed by atoms with Crippen molar-refractivity contribution in [3.63, 3.8) is 0 Å². The molecule has 0 aliphatic carbocycles. The highest BCUT2D eigenvalue weighted by Gasteiger charge is 2.13. The molecule has 0 fully saturated rings. The van der Waals surface area contributed by atoms with Gasteiger partial charge in [-0.3, -0.25) is 30.6 Å². The third kappa shape index (κ3) is 5.53. The quantitative estimate of drug-likeness (QED) is 0.441. The molecular weight excluding hydrogens is 358 g/mol. The first-order valence-electron chi connectivity index (χ1n) is 7.55. The van der Waals surface area contributed by atoms with Gasteiger partial charge in [0.05, 0.1) is 17.6 Å². The molecule has 140 valence electrons. The van der Waals surface area contributed by atoms with Crippen molar-refractivity contribution in [1.82, 2.24) is 10.9 Å². The number of amides is 2. The number of nitro groups is 1. The van der Waals surface area contributed by atoms with Gasteiger partial charge in [0.15, 0.2) is 6.61 Å². The maximum atomic E-state index is 11.8. The van der Waals surface area contributed by atoms with Crippen LogP contribution in [-0.4, -0.2) is 36.4 Å². The predicted molar refractivity (Wildman–Crippen MR) is 92.0 cm³/mol. The van der Waals surface area contributed by atoms with E-state index in [1.165, 1.54) is 31.4 Å². The summed E-state index contributed by atoms with van der Waals surface area (Å²) >= 11 is 0. The number of non-ortho nitro benzene ring substituents is 1. The summed E-state index contributed by atoms with van der Waals surface area (Å²) in [7, 11) is 1.49. The zero-order valence-corrected chi connectivity index (χ0v) is 14.1. The molecule has 0 atom stereocenters. The molecular formula is C17H15N3O7. The number of hydrogen-bond acceptors (Lipinski definition) is 7. The third-order valence-corrected chi connectivity index (χ3v) is 3.32. The molecule has 2 aromatic rings. The van der Waals surface area contributed by atoms with Gasteiger partial charge in [0.25, 0.3) is 17.5 Å². The predicted octanol–water partition coefficient (Wildman–Crippen LogP) is 1.22. The highest BCUT2D eigenvalue weighted by Crippen LogP contribution is 2.12. The maximum absolute atomic E-state index is 11.8. The molecule has 0 aromatic heterocycles. The topological polar surface area (TPSA) is 137 Å². The molecule has 0 saturated heterocycles. The van der Waals surface area contributed by atoms with Gasteiger partial charge in [0, 0.05) is 17.7 Å². The fraction of sp³-hybridized carbons (Fsp3) is 0.118. The number of esters is 1. The molecule has 0 saturated carbocycles. The van der Waals surface area contributed by atoms with Crippen LogP contribution in [0, 0.1) is 10.1 Å². The standard InChI is InChI=1S/C17H15N3O7/c1-26-14-8-4-12(5-9-14)17(23)27-10-15(21)18-19-16(22)11-2-6-13(7-3-11)20(24)25/h2-9H,10H2,1H3,(H,18,21)(H,19,22). The smallest absolute Gasteiger partial charge is 0.338 e. The van der Waals surface area contributed by atoms with E-state index >= 15 is 0 Å². The maximum Gasteiger partial charge on any atom is 0.338 e. The van der Waals surface area contributed by atoms with Crippen molar-refractivity contribution in [3.8, 4) is 5.75 Å². The summed E-state index contributed by atoms with van der Waals surface area (Å²) in [4.78, 5) is 45.3. The van der Waals surface area contributed by atoms with E-state index in [-0.39, 0.29) is 16.8 Å². The van der Waals surface area contributed by atoms with Gasteiger partial charge in [0.1, 0.15) is 5.75 Å². The lowest BCUT2D eigenvalue weighted by molar-refractivity contribution is -0.384. The van der Waals surface area contributed by atoms with E-state index in [1.54, 1.807) is 12.1 Å². The molecule has 2 rings (SSSR count). The molecule has 27 heavy (non-hydrogen) atoms. The lowest BCUT2D eigenvalue weighted by Gasteiger charge is -2.08. The minimum Gasteiger partial charge on any atom is -0.497 e. The number of nitro benzene ring substituents is 1. The molecule has 0 radical (unpaired) electrons. The van der Waals surface area contributed by atoms with Crippen LogP contribution < -0.4 is 15.6 Å². The van der Waals surface area contributed by atoms with Crippen LogP contribution in [-0.2, 0) is 9.53 Å². The van der Waals surface area contributed by atoms with E-state index in [2.05, 4.69) is 10.9 Å². The highest BCUT2D eigenvalue weighted by molar-refractivity contribution is 5.96. The van der Waals surface area contributed by atoms with Crippen LogP contribution in [0.5, 0.6) is 5.75 Å². The summed E-state index contributed by atoms with van der Waals surface area (Å²) in [6, 6.07) is 10.9. The second-order valence-electron chi connectivity index (χ2n) is 5.11. The van der Waals surface area contributed by atoms with Crippen molar-refractivity contribution < 1.29 is 28.8 Å². The Balaban J connectivity index is 1.78. The first kappa shape index (κ1) is 19.4. The Kier molecular flexibility index (Phi) is 6.42. The molecule has 2 amide bonds. The summed E-state index contributed by atoms with van der Waals surface area (Å²) in [5, 5.41) is 10.6. The Morgan fingerprint density at radius 3 is 2.11 bits per heavy atom. The number of carbonyl (C=O) groups excluding carboxylic acids is 3. The first-order valence-corrected chi connectivity index (χ1v) is 7.55. The molecule has 0 heterocycles. The van der Waals surface area contributed by atoms with E-state index in [0.717, 1.165) is 12.1 Å². The molecule has 2 aromatic carbocycles. The van der Waals surface area contributed by atoms with Gasteiger partial charge < -0.3 is 9.47 Å².